The highest BCUT2D eigenvalue weighted by molar-refractivity contribution is 7.89. The molecule has 1 aliphatic heterocycles. The predicted molar refractivity (Wildman–Crippen MR) is 121 cm³/mol. The van der Waals surface area contributed by atoms with Gasteiger partial charge in [-0.2, -0.15) is 4.31 Å². The maximum Gasteiger partial charge on any atom is 0.270 e. The van der Waals surface area contributed by atoms with Crippen molar-refractivity contribution < 1.29 is 18.1 Å². The fourth-order valence-electron chi connectivity index (χ4n) is 4.28. The Morgan fingerprint density at radius 2 is 2.00 bits per heavy atom. The number of fused-ring (bicyclic) bond motifs is 1. The van der Waals surface area contributed by atoms with Crippen molar-refractivity contribution in [3.05, 3.63) is 44.4 Å². The molecule has 0 bridgehead atoms. The number of nitro benzene ring substituents is 1. The Morgan fingerprint density at radius 3 is 2.69 bits per heavy atom. The third-order valence-corrected chi connectivity index (χ3v) is 9.32. The minimum absolute atomic E-state index is 0.0582. The smallest absolute Gasteiger partial charge is 0.270 e. The lowest BCUT2D eigenvalue weighted by atomic mass is 9.93. The first-order chi connectivity index (χ1) is 15.1. The van der Waals surface area contributed by atoms with E-state index in [0.29, 0.717) is 29.5 Å². The van der Waals surface area contributed by atoms with Gasteiger partial charge in [-0.25, -0.2) is 13.4 Å². The van der Waals surface area contributed by atoms with Crippen LogP contribution in [0.2, 0.25) is 0 Å². The Kier molecular flexibility index (Phi) is 6.33. The Balaban J connectivity index is 1.40. The number of aromatic nitrogens is 1. The van der Waals surface area contributed by atoms with Gasteiger partial charge in [0.1, 0.15) is 0 Å². The Hall–Kier alpha value is -2.37. The zero-order chi connectivity index (χ0) is 23.0. The molecule has 0 saturated carbocycles. The molecule has 1 aromatic heterocycles. The number of nitro groups is 1. The quantitative estimate of drug-likeness (QED) is 0.518. The summed E-state index contributed by atoms with van der Waals surface area (Å²) in [4.78, 5) is 29.0. The second kappa shape index (κ2) is 8.87. The maximum absolute atomic E-state index is 13.1. The minimum Gasteiger partial charge on any atom is -0.302 e. The number of hydrogen-bond acceptors (Lipinski definition) is 7. The first kappa shape index (κ1) is 22.8. The summed E-state index contributed by atoms with van der Waals surface area (Å²) >= 11 is 1.53. The van der Waals surface area contributed by atoms with Crippen LogP contribution in [0.1, 0.15) is 42.3 Å². The molecule has 4 rings (SSSR count). The van der Waals surface area contributed by atoms with Gasteiger partial charge in [-0.3, -0.25) is 14.9 Å². The molecule has 1 saturated heterocycles. The molecule has 9 nitrogen and oxygen atoms in total. The first-order valence-electron chi connectivity index (χ1n) is 10.7. The van der Waals surface area contributed by atoms with Gasteiger partial charge in [0, 0.05) is 36.0 Å². The summed E-state index contributed by atoms with van der Waals surface area (Å²) in [6, 6.07) is 3.84. The number of piperidine rings is 1. The van der Waals surface area contributed by atoms with Crippen molar-refractivity contribution in [1.82, 2.24) is 9.29 Å². The van der Waals surface area contributed by atoms with E-state index in [1.807, 2.05) is 0 Å². The summed E-state index contributed by atoms with van der Waals surface area (Å²) in [7, 11) is -3.88. The number of anilines is 1. The van der Waals surface area contributed by atoms with Crippen LogP contribution in [0, 0.1) is 28.9 Å². The van der Waals surface area contributed by atoms with Crippen molar-refractivity contribution in [1.29, 1.82) is 0 Å². The van der Waals surface area contributed by atoms with Crippen molar-refractivity contribution in [3.8, 4) is 0 Å². The fourth-order valence-corrected chi connectivity index (χ4v) is 7.17. The summed E-state index contributed by atoms with van der Waals surface area (Å²) in [5.41, 5.74) is 1.28. The van der Waals surface area contributed by atoms with Crippen molar-refractivity contribution in [2.45, 2.75) is 50.8 Å². The number of carbonyl (C=O) groups excluding carboxylic acids is 1. The molecule has 0 radical (unpaired) electrons. The van der Waals surface area contributed by atoms with Crippen LogP contribution in [0.5, 0.6) is 0 Å². The lowest BCUT2D eigenvalue weighted by Gasteiger charge is -2.30. The van der Waals surface area contributed by atoms with Gasteiger partial charge >= 0.3 is 0 Å². The van der Waals surface area contributed by atoms with Crippen LogP contribution in [0.3, 0.4) is 0 Å². The van der Waals surface area contributed by atoms with Crippen molar-refractivity contribution in [2.75, 3.05) is 18.4 Å². The number of sulfonamides is 1. The number of nitrogens with zero attached hydrogens (tertiary/aromatic N) is 3. The molecule has 1 fully saturated rings. The molecular weight excluding hydrogens is 452 g/mol. The van der Waals surface area contributed by atoms with Crippen molar-refractivity contribution in [2.24, 2.45) is 11.8 Å². The molecule has 2 aliphatic rings. The van der Waals surface area contributed by atoms with Gasteiger partial charge in [0.25, 0.3) is 5.69 Å². The molecule has 32 heavy (non-hydrogen) atoms. The van der Waals surface area contributed by atoms with Gasteiger partial charge in [0.2, 0.25) is 15.9 Å². The van der Waals surface area contributed by atoms with Gasteiger partial charge in [-0.1, -0.05) is 13.0 Å². The normalized spacial score (nSPS) is 20.0. The third-order valence-electron chi connectivity index (χ3n) is 6.24. The standard InChI is InChI=1S/C21H26N4O5S2/c1-13-3-6-17-18(11-13)31-21(22-17)23-20(26)15-7-9-24(10-8-15)32(29,30)19-12-16(25(27)28)5-4-14(19)2/h4-5,12-13,15H,3,6-11H2,1-2H3,(H,22,23,26). The van der Waals surface area contributed by atoms with Crippen LogP contribution in [-0.2, 0) is 27.7 Å². The zero-order valence-electron chi connectivity index (χ0n) is 18.0. The number of non-ortho nitro benzene ring substituents is 1. The van der Waals surface area contributed by atoms with Crippen LogP contribution in [0.4, 0.5) is 10.8 Å². The van der Waals surface area contributed by atoms with E-state index in [2.05, 4.69) is 17.2 Å². The monoisotopic (exact) mass is 478 g/mol. The van der Waals surface area contributed by atoms with E-state index in [-0.39, 0.29) is 35.5 Å². The zero-order valence-corrected chi connectivity index (χ0v) is 19.7. The van der Waals surface area contributed by atoms with Gasteiger partial charge in [0.15, 0.2) is 5.13 Å². The number of benzene rings is 1. The van der Waals surface area contributed by atoms with E-state index in [1.54, 1.807) is 6.92 Å². The number of nitrogens with one attached hydrogen (secondary N) is 1. The molecule has 1 unspecified atom stereocenters. The average Bonchev–Trinajstić information content (AvgIpc) is 3.15. The fraction of sp³-hybridized carbons (Fsp3) is 0.524. The molecular formula is C21H26N4O5S2. The first-order valence-corrected chi connectivity index (χ1v) is 13.0. The topological polar surface area (TPSA) is 123 Å². The van der Waals surface area contributed by atoms with Gasteiger partial charge in [-0.15, -0.1) is 11.3 Å². The largest absolute Gasteiger partial charge is 0.302 e. The van der Waals surface area contributed by atoms with E-state index in [4.69, 9.17) is 0 Å². The van der Waals surface area contributed by atoms with Crippen LogP contribution in [0.15, 0.2) is 23.1 Å². The van der Waals surface area contributed by atoms with Crippen molar-refractivity contribution >= 4 is 38.1 Å². The van der Waals surface area contributed by atoms with Crippen LogP contribution < -0.4 is 5.32 Å². The number of thiazole rings is 1. The van der Waals surface area contributed by atoms with E-state index >= 15 is 0 Å². The molecule has 172 valence electrons. The SMILES string of the molecule is Cc1ccc([N+](=O)[O-])cc1S(=O)(=O)N1CCC(C(=O)Nc2nc3c(s2)CC(C)CC3)CC1. The highest BCUT2D eigenvalue weighted by Gasteiger charge is 2.34. The highest BCUT2D eigenvalue weighted by Crippen LogP contribution is 2.33. The molecule has 11 heteroatoms. The molecule has 1 aliphatic carbocycles. The van der Waals surface area contributed by atoms with E-state index in [9.17, 15) is 23.3 Å². The number of aryl methyl sites for hydroxylation is 2. The van der Waals surface area contributed by atoms with Gasteiger partial charge < -0.3 is 5.32 Å². The Labute approximate surface area is 191 Å². The number of rotatable bonds is 5. The number of hydrogen-bond donors (Lipinski definition) is 1. The van der Waals surface area contributed by atoms with Crippen molar-refractivity contribution in [3.63, 3.8) is 0 Å². The third kappa shape index (κ3) is 4.55. The maximum atomic E-state index is 13.1. The molecule has 2 aromatic rings. The lowest BCUT2D eigenvalue weighted by Crippen LogP contribution is -2.41. The van der Waals surface area contributed by atoms with Gasteiger partial charge in [-0.05, 0) is 50.5 Å². The van der Waals surface area contributed by atoms with Crippen LogP contribution in [-0.4, -0.2) is 41.6 Å². The molecule has 2 heterocycles. The summed E-state index contributed by atoms with van der Waals surface area (Å²) in [5.74, 6) is 0.202. The molecule has 0 spiro atoms. The second-order valence-corrected chi connectivity index (χ2v) is 11.6. The lowest BCUT2D eigenvalue weighted by molar-refractivity contribution is -0.385. The van der Waals surface area contributed by atoms with Crippen LogP contribution >= 0.6 is 11.3 Å². The Morgan fingerprint density at radius 1 is 1.28 bits per heavy atom. The summed E-state index contributed by atoms with van der Waals surface area (Å²) < 4.78 is 27.5. The van der Waals surface area contributed by atoms with E-state index in [0.717, 1.165) is 31.0 Å². The second-order valence-electron chi connectivity index (χ2n) is 8.61. The number of carbonyl (C=O) groups is 1. The van der Waals surface area contributed by atoms with Gasteiger partial charge in [0.05, 0.1) is 15.5 Å². The summed E-state index contributed by atoms with van der Waals surface area (Å²) in [5, 5.41) is 14.6. The van der Waals surface area contributed by atoms with E-state index in [1.165, 1.54) is 32.7 Å². The summed E-state index contributed by atoms with van der Waals surface area (Å²) in [6.07, 6.45) is 3.83. The predicted octanol–water partition coefficient (Wildman–Crippen LogP) is 3.52. The molecule has 1 N–H and O–H groups in total. The molecule has 1 amide bonds. The minimum atomic E-state index is -3.88. The summed E-state index contributed by atoms with van der Waals surface area (Å²) in [6.45, 7) is 4.21. The highest BCUT2D eigenvalue weighted by atomic mass is 32.2. The van der Waals surface area contributed by atoms with Crippen LogP contribution in [0.25, 0.3) is 0 Å². The molecule has 1 aromatic carbocycles. The molecule has 1 atom stereocenters. The van der Waals surface area contributed by atoms with E-state index < -0.39 is 14.9 Å². The number of amides is 1. The average molecular weight is 479 g/mol. The Bertz CT molecular complexity index is 1150.